The summed E-state index contributed by atoms with van der Waals surface area (Å²) in [5.41, 5.74) is 0.999. The van der Waals surface area contributed by atoms with Crippen LogP contribution in [-0.2, 0) is 11.2 Å². The Labute approximate surface area is 156 Å². The van der Waals surface area contributed by atoms with E-state index in [1.165, 1.54) is 18.2 Å². The van der Waals surface area contributed by atoms with Crippen LogP contribution < -0.4 is 14.8 Å². The lowest BCUT2D eigenvalue weighted by atomic mass is 10.1. The molecule has 7 nitrogen and oxygen atoms in total. The molecule has 2 aromatic carbocycles. The van der Waals surface area contributed by atoms with Crippen molar-refractivity contribution in [2.24, 2.45) is 0 Å². The second kappa shape index (κ2) is 9.05. The maximum Gasteiger partial charge on any atom is 0.289 e. The molecule has 0 aliphatic heterocycles. The van der Waals surface area contributed by atoms with Crippen LogP contribution in [-0.4, -0.2) is 24.5 Å². The van der Waals surface area contributed by atoms with E-state index in [4.69, 9.17) is 21.1 Å². The molecule has 0 aliphatic rings. The number of nitrogens with one attached hydrogen (secondary N) is 1. The second-order valence-electron chi connectivity index (χ2n) is 5.39. The quantitative estimate of drug-likeness (QED) is 0.548. The van der Waals surface area contributed by atoms with Crippen LogP contribution in [0.2, 0.25) is 5.02 Å². The fraction of sp³-hybridized carbons (Fsp3) is 0.278. The van der Waals surface area contributed by atoms with Gasteiger partial charge in [0.2, 0.25) is 5.91 Å². The highest BCUT2D eigenvalue weighted by Gasteiger charge is 2.14. The number of nitrogens with zero attached hydrogens (tertiary/aromatic N) is 1. The predicted octanol–water partition coefficient (Wildman–Crippen LogP) is 4.23. The first kappa shape index (κ1) is 19.5. The normalized spacial score (nSPS) is 10.3. The largest absolute Gasteiger partial charge is 0.493 e. The Morgan fingerprint density at radius 3 is 2.65 bits per heavy atom. The van der Waals surface area contributed by atoms with Gasteiger partial charge in [-0.2, -0.15) is 0 Å². The van der Waals surface area contributed by atoms with E-state index in [9.17, 15) is 14.9 Å². The fourth-order valence-corrected chi connectivity index (χ4v) is 2.54. The maximum atomic E-state index is 12.1. The van der Waals surface area contributed by atoms with Gasteiger partial charge in [0, 0.05) is 18.2 Å². The van der Waals surface area contributed by atoms with Crippen LogP contribution >= 0.6 is 11.6 Å². The average molecular weight is 379 g/mol. The van der Waals surface area contributed by atoms with E-state index in [2.05, 4.69) is 5.32 Å². The molecule has 0 heterocycles. The van der Waals surface area contributed by atoms with Crippen molar-refractivity contribution < 1.29 is 19.2 Å². The molecule has 1 N–H and O–H groups in total. The van der Waals surface area contributed by atoms with Gasteiger partial charge >= 0.3 is 0 Å². The van der Waals surface area contributed by atoms with Gasteiger partial charge in [-0.1, -0.05) is 17.7 Å². The number of nitro groups is 1. The van der Waals surface area contributed by atoms with Crippen LogP contribution in [0.1, 0.15) is 18.9 Å². The summed E-state index contributed by atoms with van der Waals surface area (Å²) in [5, 5.41) is 13.6. The fourth-order valence-electron chi connectivity index (χ4n) is 2.35. The molecule has 0 aliphatic carbocycles. The number of rotatable bonds is 8. The third-order valence-corrected chi connectivity index (χ3v) is 3.91. The molecule has 0 bridgehead atoms. The minimum atomic E-state index is -0.593. The molecule has 0 radical (unpaired) electrons. The Morgan fingerprint density at radius 1 is 1.23 bits per heavy atom. The Kier molecular flexibility index (Phi) is 6.80. The number of benzene rings is 2. The van der Waals surface area contributed by atoms with Gasteiger partial charge in [-0.05, 0) is 43.2 Å². The maximum absolute atomic E-state index is 12.1. The predicted molar refractivity (Wildman–Crippen MR) is 99.2 cm³/mol. The molecule has 8 heteroatoms. The molecule has 0 unspecified atom stereocenters. The molecule has 1 amide bonds. The molecule has 0 atom stereocenters. The number of halogens is 1. The molecule has 26 heavy (non-hydrogen) atoms. The Balaban J connectivity index is 1.99. The van der Waals surface area contributed by atoms with E-state index in [1.54, 1.807) is 13.2 Å². The van der Waals surface area contributed by atoms with Crippen molar-refractivity contribution >= 4 is 28.9 Å². The summed E-state index contributed by atoms with van der Waals surface area (Å²) in [6, 6.07) is 9.64. The molecule has 138 valence electrons. The van der Waals surface area contributed by atoms with Crippen LogP contribution in [0.15, 0.2) is 36.4 Å². The van der Waals surface area contributed by atoms with Crippen molar-refractivity contribution in [2.45, 2.75) is 19.8 Å². The van der Waals surface area contributed by atoms with E-state index < -0.39 is 4.92 Å². The summed E-state index contributed by atoms with van der Waals surface area (Å²) in [5.74, 6) is 1.00. The van der Waals surface area contributed by atoms with E-state index in [0.717, 1.165) is 5.56 Å². The Bertz CT molecular complexity index is 810. The van der Waals surface area contributed by atoms with Gasteiger partial charge in [0.1, 0.15) is 5.02 Å². The average Bonchev–Trinajstić information content (AvgIpc) is 2.62. The molecule has 2 rings (SSSR count). The Morgan fingerprint density at radius 2 is 2.00 bits per heavy atom. The zero-order valence-corrected chi connectivity index (χ0v) is 15.2. The standard InChI is InChI=1S/C18H19ClN2O5/c1-3-26-16-8-4-12(10-17(16)25-2)5-9-18(22)20-13-6-7-14(19)15(11-13)21(23)24/h4,6-8,10-11H,3,5,9H2,1-2H3,(H,20,22). The van der Waals surface area contributed by atoms with Crippen LogP contribution in [0.5, 0.6) is 11.5 Å². The number of nitro benzene ring substituents is 1. The van der Waals surface area contributed by atoms with Crippen LogP contribution in [0, 0.1) is 10.1 Å². The summed E-state index contributed by atoms with van der Waals surface area (Å²) in [4.78, 5) is 22.4. The molecule has 0 saturated carbocycles. The van der Waals surface area contributed by atoms with Crippen molar-refractivity contribution in [1.82, 2.24) is 0 Å². The van der Waals surface area contributed by atoms with Crippen molar-refractivity contribution in [3.05, 3.63) is 57.1 Å². The van der Waals surface area contributed by atoms with E-state index >= 15 is 0 Å². The lowest BCUT2D eigenvalue weighted by Crippen LogP contribution is -2.12. The van der Waals surface area contributed by atoms with E-state index in [-0.39, 0.29) is 23.0 Å². The number of hydrogen-bond donors (Lipinski definition) is 1. The third-order valence-electron chi connectivity index (χ3n) is 3.60. The summed E-state index contributed by atoms with van der Waals surface area (Å²) in [6.45, 7) is 2.42. The number of aryl methyl sites for hydroxylation is 1. The first-order chi connectivity index (χ1) is 12.4. The van der Waals surface area contributed by atoms with Gasteiger partial charge in [-0.3, -0.25) is 14.9 Å². The summed E-state index contributed by atoms with van der Waals surface area (Å²) in [7, 11) is 1.56. The molecule has 0 spiro atoms. The number of hydrogen-bond acceptors (Lipinski definition) is 5. The van der Waals surface area contributed by atoms with Crippen molar-refractivity contribution in [2.75, 3.05) is 19.0 Å². The van der Waals surface area contributed by atoms with Crippen molar-refractivity contribution in [3.63, 3.8) is 0 Å². The molecule has 0 fully saturated rings. The number of carbonyl (C=O) groups excluding carboxylic acids is 1. The van der Waals surface area contributed by atoms with Crippen LogP contribution in [0.3, 0.4) is 0 Å². The highest BCUT2D eigenvalue weighted by molar-refractivity contribution is 6.32. The number of ether oxygens (including phenoxy) is 2. The van der Waals surface area contributed by atoms with Gasteiger partial charge in [0.15, 0.2) is 11.5 Å². The number of methoxy groups -OCH3 is 1. The van der Waals surface area contributed by atoms with Gasteiger partial charge < -0.3 is 14.8 Å². The highest BCUT2D eigenvalue weighted by Crippen LogP contribution is 2.29. The van der Waals surface area contributed by atoms with E-state index in [0.29, 0.717) is 30.2 Å². The molecule has 0 saturated heterocycles. The lowest BCUT2D eigenvalue weighted by Gasteiger charge is -2.11. The lowest BCUT2D eigenvalue weighted by molar-refractivity contribution is -0.384. The number of carbonyl (C=O) groups is 1. The van der Waals surface area contributed by atoms with Crippen molar-refractivity contribution in [1.29, 1.82) is 0 Å². The van der Waals surface area contributed by atoms with Gasteiger partial charge in [-0.15, -0.1) is 0 Å². The monoisotopic (exact) mass is 378 g/mol. The summed E-state index contributed by atoms with van der Waals surface area (Å²) < 4.78 is 10.7. The molecular weight excluding hydrogens is 360 g/mol. The third kappa shape index (κ3) is 5.10. The van der Waals surface area contributed by atoms with Crippen molar-refractivity contribution in [3.8, 4) is 11.5 Å². The second-order valence-corrected chi connectivity index (χ2v) is 5.80. The van der Waals surface area contributed by atoms with Crippen LogP contribution in [0.4, 0.5) is 11.4 Å². The van der Waals surface area contributed by atoms with E-state index in [1.807, 2.05) is 19.1 Å². The van der Waals surface area contributed by atoms with Gasteiger partial charge in [0.05, 0.1) is 18.6 Å². The topological polar surface area (TPSA) is 90.7 Å². The highest BCUT2D eigenvalue weighted by atomic mass is 35.5. The SMILES string of the molecule is CCOc1ccc(CCC(=O)Nc2ccc(Cl)c([N+](=O)[O-])c2)cc1OC. The molecular formula is C18H19ClN2O5. The zero-order chi connectivity index (χ0) is 19.1. The van der Waals surface area contributed by atoms with Crippen LogP contribution in [0.25, 0.3) is 0 Å². The summed E-state index contributed by atoms with van der Waals surface area (Å²) in [6.07, 6.45) is 0.706. The number of amides is 1. The zero-order valence-electron chi connectivity index (χ0n) is 14.5. The minimum Gasteiger partial charge on any atom is -0.493 e. The summed E-state index contributed by atoms with van der Waals surface area (Å²) >= 11 is 5.76. The van der Waals surface area contributed by atoms with Gasteiger partial charge in [0.25, 0.3) is 5.69 Å². The van der Waals surface area contributed by atoms with Gasteiger partial charge in [-0.25, -0.2) is 0 Å². The first-order valence-electron chi connectivity index (χ1n) is 7.98. The number of anilines is 1. The first-order valence-corrected chi connectivity index (χ1v) is 8.36. The Hall–Kier alpha value is -2.80. The minimum absolute atomic E-state index is 0.0227. The molecule has 2 aromatic rings. The molecule has 0 aromatic heterocycles. The smallest absolute Gasteiger partial charge is 0.289 e.